The van der Waals surface area contributed by atoms with Crippen LogP contribution in [0.25, 0.3) is 21.9 Å². The SMILES string of the molecule is Cc1cc2c3c(c1)N1c4c(cc(C(C)(C)C)cc4C4(C)CCCCC14C)B3c1ccc(N3c4cc5c(cc4C4(C)CCCCC34C)C(C)(C)CCC5(C)C)cc1N2c1cccc2c1oc1ccccc12. The molecule has 3 aliphatic carbocycles. The molecule has 4 atom stereocenters. The standard InChI is InChI=1S/C65H72BN3O/c1-39-32-53-56-54(33-39)69-57-47(63(10)27-16-18-29-65(63,69)12)34-40(59(2,3)4)35-49(57)66(56)48-25-24-41(36-52(48)67(53)50-22-19-21-43-42-20-13-14-23-55(42)70-58(43)50)68-51-38-45-44(60(5,6)30-31-61(45,7)8)37-46(51)62(9)26-15-17-28-64(62,68)11/h13-14,19-25,32-38H,15-18,26-31H2,1-12H3. The molecule has 5 heterocycles. The first kappa shape index (κ1) is 43.4. The first-order valence-corrected chi connectivity index (χ1v) is 27.2. The van der Waals surface area contributed by atoms with E-state index in [2.05, 4.69) is 195 Å². The van der Waals surface area contributed by atoms with E-state index in [0.717, 1.165) is 16.9 Å². The number of furan rings is 1. The monoisotopic (exact) mass is 922 g/mol. The van der Waals surface area contributed by atoms with Crippen molar-refractivity contribution in [3.05, 3.63) is 130 Å². The van der Waals surface area contributed by atoms with Crippen LogP contribution < -0.4 is 31.1 Å². The summed E-state index contributed by atoms with van der Waals surface area (Å²) >= 11 is 0. The van der Waals surface area contributed by atoms with E-state index in [-0.39, 0.29) is 44.9 Å². The summed E-state index contributed by atoms with van der Waals surface area (Å²) in [5.41, 5.74) is 24.7. The average Bonchev–Trinajstić information content (AvgIpc) is 3.88. The first-order valence-electron chi connectivity index (χ1n) is 27.2. The topological polar surface area (TPSA) is 22.9 Å². The molecule has 4 unspecified atom stereocenters. The van der Waals surface area contributed by atoms with Gasteiger partial charge in [0.05, 0.1) is 16.8 Å². The van der Waals surface area contributed by atoms with Gasteiger partial charge in [-0.1, -0.05) is 143 Å². The van der Waals surface area contributed by atoms with Crippen LogP contribution in [0.1, 0.15) is 174 Å². The number of nitrogens with zero attached hydrogens (tertiary/aromatic N) is 3. The van der Waals surface area contributed by atoms with Gasteiger partial charge in [0.15, 0.2) is 5.58 Å². The smallest absolute Gasteiger partial charge is 0.252 e. The van der Waals surface area contributed by atoms with E-state index >= 15 is 0 Å². The maximum Gasteiger partial charge on any atom is 0.252 e. The van der Waals surface area contributed by atoms with Crippen LogP contribution in [0.5, 0.6) is 0 Å². The van der Waals surface area contributed by atoms with Crippen molar-refractivity contribution in [2.75, 3.05) is 14.7 Å². The zero-order chi connectivity index (χ0) is 48.4. The molecular weight excluding hydrogens is 850 g/mol. The number of hydrogen-bond acceptors (Lipinski definition) is 4. The second-order valence-electron chi connectivity index (χ2n) is 26.7. The average molecular weight is 922 g/mol. The molecule has 4 aliphatic heterocycles. The number of fused-ring (bicyclic) bond motifs is 14. The lowest BCUT2D eigenvalue weighted by atomic mass is 9.33. The molecule has 0 amide bonds. The van der Waals surface area contributed by atoms with Crippen LogP contribution in [0.2, 0.25) is 0 Å². The molecule has 7 aliphatic rings. The molecule has 70 heavy (non-hydrogen) atoms. The zero-order valence-corrected chi connectivity index (χ0v) is 44.1. The molecule has 0 spiro atoms. The lowest BCUT2D eigenvalue weighted by molar-refractivity contribution is 0.194. The highest BCUT2D eigenvalue weighted by atomic mass is 16.3. The number of anilines is 7. The molecule has 1 aromatic heterocycles. The maximum atomic E-state index is 7.06. The summed E-state index contributed by atoms with van der Waals surface area (Å²) in [7, 11) is 0. The number of hydrogen-bond donors (Lipinski definition) is 0. The molecule has 5 heteroatoms. The third-order valence-electron chi connectivity index (χ3n) is 21.0. The van der Waals surface area contributed by atoms with E-state index in [1.807, 2.05) is 0 Å². The Bertz CT molecular complexity index is 3460. The van der Waals surface area contributed by atoms with Crippen molar-refractivity contribution in [3.63, 3.8) is 0 Å². The summed E-state index contributed by atoms with van der Waals surface area (Å²) in [6.45, 7) is 30.2. The summed E-state index contributed by atoms with van der Waals surface area (Å²) in [6, 6.07) is 39.0. The highest BCUT2D eigenvalue weighted by Crippen LogP contribution is 2.65. The van der Waals surface area contributed by atoms with Crippen molar-refractivity contribution in [3.8, 4) is 0 Å². The summed E-state index contributed by atoms with van der Waals surface area (Å²) in [6.07, 6.45) is 12.3. The van der Waals surface area contributed by atoms with Gasteiger partial charge in [0.1, 0.15) is 5.58 Å². The van der Waals surface area contributed by atoms with Crippen molar-refractivity contribution in [2.45, 2.75) is 185 Å². The molecule has 14 rings (SSSR count). The molecule has 0 saturated heterocycles. The van der Waals surface area contributed by atoms with Crippen molar-refractivity contribution >= 4 is 84.9 Å². The number of benzene rings is 6. The zero-order valence-electron chi connectivity index (χ0n) is 44.1. The van der Waals surface area contributed by atoms with E-state index in [4.69, 9.17) is 4.42 Å². The highest BCUT2D eigenvalue weighted by molar-refractivity contribution is 7.00. The minimum Gasteiger partial charge on any atom is -0.454 e. The fourth-order valence-corrected chi connectivity index (χ4v) is 16.4. The Morgan fingerprint density at radius 2 is 1.16 bits per heavy atom. The van der Waals surface area contributed by atoms with Crippen molar-refractivity contribution in [1.29, 1.82) is 0 Å². The first-order chi connectivity index (χ1) is 33.2. The van der Waals surface area contributed by atoms with Gasteiger partial charge in [-0.2, -0.15) is 0 Å². The predicted octanol–water partition coefficient (Wildman–Crippen LogP) is 15.6. The van der Waals surface area contributed by atoms with E-state index < -0.39 is 0 Å². The normalized spacial score (nSPS) is 27.5. The summed E-state index contributed by atoms with van der Waals surface area (Å²) < 4.78 is 7.06. The Balaban J connectivity index is 1.08. The van der Waals surface area contributed by atoms with Gasteiger partial charge in [-0.25, -0.2) is 0 Å². The fourth-order valence-electron chi connectivity index (χ4n) is 16.4. The second-order valence-corrected chi connectivity index (χ2v) is 26.7. The maximum absolute atomic E-state index is 7.06. The lowest BCUT2D eigenvalue weighted by Crippen LogP contribution is -2.64. The van der Waals surface area contributed by atoms with Gasteiger partial charge in [0.2, 0.25) is 0 Å². The number of rotatable bonds is 2. The molecule has 356 valence electrons. The van der Waals surface area contributed by atoms with E-state index in [1.165, 1.54) is 137 Å². The number of aryl methyl sites for hydroxylation is 1. The molecule has 0 N–H and O–H groups in total. The Morgan fingerprint density at radius 3 is 1.89 bits per heavy atom. The fraction of sp³-hybridized carbons (Fsp3) is 0.446. The lowest BCUT2D eigenvalue weighted by Gasteiger charge is -2.53. The molecule has 2 saturated carbocycles. The van der Waals surface area contributed by atoms with Gasteiger partial charge in [-0.05, 0) is 168 Å². The molecule has 6 aromatic carbocycles. The largest absolute Gasteiger partial charge is 0.454 e. The Morgan fingerprint density at radius 1 is 0.514 bits per heavy atom. The Hall–Kier alpha value is -5.42. The predicted molar refractivity (Wildman–Crippen MR) is 297 cm³/mol. The van der Waals surface area contributed by atoms with Crippen LogP contribution in [0.15, 0.2) is 101 Å². The minimum atomic E-state index is -0.0889. The third kappa shape index (κ3) is 5.20. The Kier molecular flexibility index (Phi) is 8.40. The molecule has 2 fully saturated rings. The van der Waals surface area contributed by atoms with Crippen LogP contribution in [0.4, 0.5) is 39.8 Å². The van der Waals surface area contributed by atoms with Gasteiger partial charge in [0, 0.05) is 55.7 Å². The van der Waals surface area contributed by atoms with Gasteiger partial charge >= 0.3 is 0 Å². The van der Waals surface area contributed by atoms with Crippen molar-refractivity contribution in [1.82, 2.24) is 0 Å². The van der Waals surface area contributed by atoms with Crippen LogP contribution in [-0.2, 0) is 27.1 Å². The number of para-hydroxylation sites is 2. The van der Waals surface area contributed by atoms with Gasteiger partial charge in [-0.3, -0.25) is 0 Å². The quantitative estimate of drug-likeness (QED) is 0.161. The van der Waals surface area contributed by atoms with Crippen LogP contribution >= 0.6 is 0 Å². The summed E-state index contributed by atoms with van der Waals surface area (Å²) in [5.74, 6) is 0. The second kappa shape index (κ2) is 13.5. The van der Waals surface area contributed by atoms with Gasteiger partial charge in [0.25, 0.3) is 6.71 Å². The molecule has 4 nitrogen and oxygen atoms in total. The molecule has 0 bridgehead atoms. The van der Waals surface area contributed by atoms with Crippen LogP contribution in [0.3, 0.4) is 0 Å². The highest BCUT2D eigenvalue weighted by Gasteiger charge is 2.63. The summed E-state index contributed by atoms with van der Waals surface area (Å²) in [4.78, 5) is 8.41. The van der Waals surface area contributed by atoms with Gasteiger partial charge < -0.3 is 19.1 Å². The van der Waals surface area contributed by atoms with E-state index in [0.29, 0.717) is 0 Å². The van der Waals surface area contributed by atoms with Crippen LogP contribution in [-0.4, -0.2) is 17.8 Å². The van der Waals surface area contributed by atoms with Crippen LogP contribution in [0, 0.1) is 6.92 Å². The summed E-state index contributed by atoms with van der Waals surface area (Å²) in [5, 5.41) is 2.33. The van der Waals surface area contributed by atoms with Crippen molar-refractivity contribution in [2.24, 2.45) is 0 Å². The van der Waals surface area contributed by atoms with Crippen molar-refractivity contribution < 1.29 is 4.42 Å². The molecule has 0 radical (unpaired) electrons. The minimum absolute atomic E-state index is 0.00467. The van der Waals surface area contributed by atoms with E-state index in [9.17, 15) is 0 Å². The molecule has 7 aromatic rings. The molecular formula is C65H72BN3O. The third-order valence-corrected chi connectivity index (χ3v) is 21.0. The Labute approximate surface area is 417 Å². The van der Waals surface area contributed by atoms with Gasteiger partial charge in [-0.15, -0.1) is 0 Å². The van der Waals surface area contributed by atoms with E-state index in [1.54, 1.807) is 22.3 Å².